The number of rotatable bonds is 8. The van der Waals surface area contributed by atoms with Crippen LogP contribution in [-0.2, 0) is 4.74 Å². The second kappa shape index (κ2) is 6.03. The fraction of sp³-hybridized carbons (Fsp3) is 0.900. The number of oxime groups is 1. The van der Waals surface area contributed by atoms with Crippen LogP contribution in [0.2, 0.25) is 0 Å². The minimum Gasteiger partial charge on any atom is -0.409 e. The molecule has 0 radical (unpaired) electrons. The zero-order valence-corrected chi connectivity index (χ0v) is 9.65. The van der Waals surface area contributed by atoms with Crippen LogP contribution in [0, 0.1) is 5.41 Å². The molecule has 0 spiro atoms. The molecule has 1 fully saturated rings. The van der Waals surface area contributed by atoms with Crippen molar-refractivity contribution in [2.75, 3.05) is 26.9 Å². The second-order valence-corrected chi connectivity index (χ2v) is 4.48. The van der Waals surface area contributed by atoms with Gasteiger partial charge in [-0.15, -0.1) is 0 Å². The molecule has 0 aromatic carbocycles. The lowest BCUT2D eigenvalue weighted by molar-refractivity contribution is 0.125. The predicted molar refractivity (Wildman–Crippen MR) is 60.4 cm³/mol. The van der Waals surface area contributed by atoms with Gasteiger partial charge in [0.05, 0.1) is 19.3 Å². The molecule has 1 unspecified atom stereocenters. The van der Waals surface area contributed by atoms with Gasteiger partial charge in [-0.3, -0.25) is 0 Å². The van der Waals surface area contributed by atoms with Gasteiger partial charge in [0, 0.05) is 20.1 Å². The lowest BCUT2D eigenvalue weighted by Crippen LogP contribution is -2.40. The van der Waals surface area contributed by atoms with Crippen LogP contribution in [0.4, 0.5) is 0 Å². The Hall–Kier alpha value is -0.850. The van der Waals surface area contributed by atoms with Crippen molar-refractivity contribution in [2.24, 2.45) is 16.3 Å². The van der Waals surface area contributed by atoms with Crippen LogP contribution in [-0.4, -0.2) is 49.1 Å². The summed E-state index contributed by atoms with van der Waals surface area (Å²) in [4.78, 5) is 0. The van der Waals surface area contributed by atoms with E-state index in [9.17, 15) is 0 Å². The van der Waals surface area contributed by atoms with E-state index in [0.717, 1.165) is 19.4 Å². The highest BCUT2D eigenvalue weighted by atomic mass is 16.5. The van der Waals surface area contributed by atoms with Gasteiger partial charge in [0.25, 0.3) is 0 Å². The molecule has 1 rings (SSSR count). The first-order chi connectivity index (χ1) is 7.65. The third-order valence-corrected chi connectivity index (χ3v) is 3.00. The van der Waals surface area contributed by atoms with Crippen molar-refractivity contribution >= 4 is 5.84 Å². The van der Waals surface area contributed by atoms with E-state index in [-0.39, 0.29) is 23.9 Å². The standard InChI is InChI=1S/C10H21N3O3/c1-16-6-8(5-14)12-7-10(2-3-10)4-9(11)13-15/h8,12,14-15H,2-7H2,1H3,(H2,11,13). The Balaban J connectivity index is 2.30. The molecule has 1 aliphatic carbocycles. The molecule has 1 atom stereocenters. The highest BCUT2D eigenvalue weighted by Crippen LogP contribution is 2.48. The Morgan fingerprint density at radius 3 is 2.75 bits per heavy atom. The molecular formula is C10H21N3O3. The summed E-state index contributed by atoms with van der Waals surface area (Å²) in [6, 6.07) is -0.0465. The van der Waals surface area contributed by atoms with Gasteiger partial charge in [-0.2, -0.15) is 0 Å². The fourth-order valence-electron chi connectivity index (χ4n) is 1.75. The summed E-state index contributed by atoms with van der Waals surface area (Å²) in [7, 11) is 1.60. The second-order valence-electron chi connectivity index (χ2n) is 4.48. The number of aliphatic hydroxyl groups excluding tert-OH is 1. The van der Waals surface area contributed by atoms with Gasteiger partial charge in [0.2, 0.25) is 0 Å². The van der Waals surface area contributed by atoms with Crippen molar-refractivity contribution in [3.8, 4) is 0 Å². The summed E-state index contributed by atoms with van der Waals surface area (Å²) in [6.07, 6.45) is 2.74. The van der Waals surface area contributed by atoms with Gasteiger partial charge in [0.15, 0.2) is 0 Å². The summed E-state index contributed by atoms with van der Waals surface area (Å²) in [5, 5.41) is 23.8. The first kappa shape index (κ1) is 13.2. The molecule has 5 N–H and O–H groups in total. The summed E-state index contributed by atoms with van der Waals surface area (Å²) in [6.45, 7) is 1.29. The molecular weight excluding hydrogens is 210 g/mol. The molecule has 94 valence electrons. The van der Waals surface area contributed by atoms with Gasteiger partial charge in [-0.1, -0.05) is 5.16 Å². The number of ether oxygens (including phenoxy) is 1. The van der Waals surface area contributed by atoms with E-state index in [1.165, 1.54) is 0 Å². The lowest BCUT2D eigenvalue weighted by Gasteiger charge is -2.20. The Labute approximate surface area is 95.5 Å². The monoisotopic (exact) mass is 231 g/mol. The van der Waals surface area contributed by atoms with Crippen LogP contribution in [0.1, 0.15) is 19.3 Å². The molecule has 0 heterocycles. The summed E-state index contributed by atoms with van der Waals surface area (Å²) < 4.78 is 4.97. The van der Waals surface area contributed by atoms with Gasteiger partial charge in [-0.25, -0.2) is 0 Å². The lowest BCUT2D eigenvalue weighted by atomic mass is 10.0. The van der Waals surface area contributed by atoms with Gasteiger partial charge in [0.1, 0.15) is 5.84 Å². The molecule has 6 heteroatoms. The zero-order chi connectivity index (χ0) is 12.0. The predicted octanol–water partition coefficient (Wildman–Crippen LogP) is -0.500. The highest BCUT2D eigenvalue weighted by Gasteiger charge is 2.43. The number of hydrogen-bond donors (Lipinski definition) is 4. The van der Waals surface area contributed by atoms with Crippen LogP contribution in [0.25, 0.3) is 0 Å². The summed E-state index contributed by atoms with van der Waals surface area (Å²) in [5.74, 6) is 0.270. The highest BCUT2D eigenvalue weighted by molar-refractivity contribution is 5.80. The average Bonchev–Trinajstić information content (AvgIpc) is 3.04. The first-order valence-corrected chi connectivity index (χ1v) is 5.45. The van der Waals surface area contributed by atoms with E-state index >= 15 is 0 Å². The molecule has 0 bridgehead atoms. The minimum absolute atomic E-state index is 0.0465. The summed E-state index contributed by atoms with van der Waals surface area (Å²) >= 11 is 0. The maximum Gasteiger partial charge on any atom is 0.139 e. The van der Waals surface area contributed by atoms with Crippen molar-refractivity contribution < 1.29 is 15.1 Å². The molecule has 16 heavy (non-hydrogen) atoms. The molecule has 0 aromatic heterocycles. The molecule has 1 saturated carbocycles. The van der Waals surface area contributed by atoms with Crippen molar-refractivity contribution in [3.05, 3.63) is 0 Å². The van der Waals surface area contributed by atoms with Crippen LogP contribution in [0.3, 0.4) is 0 Å². The Morgan fingerprint density at radius 2 is 2.31 bits per heavy atom. The molecule has 0 aliphatic heterocycles. The van der Waals surface area contributed by atoms with Crippen molar-refractivity contribution in [2.45, 2.75) is 25.3 Å². The smallest absolute Gasteiger partial charge is 0.139 e. The maximum absolute atomic E-state index is 9.07. The third kappa shape index (κ3) is 3.96. The number of nitrogens with two attached hydrogens (primary N) is 1. The number of methoxy groups -OCH3 is 1. The zero-order valence-electron chi connectivity index (χ0n) is 9.65. The number of nitrogens with one attached hydrogen (secondary N) is 1. The van der Waals surface area contributed by atoms with Crippen molar-refractivity contribution in [3.63, 3.8) is 0 Å². The Bertz CT molecular complexity index is 241. The van der Waals surface area contributed by atoms with E-state index in [0.29, 0.717) is 13.0 Å². The molecule has 1 aliphatic rings. The molecule has 6 nitrogen and oxygen atoms in total. The van der Waals surface area contributed by atoms with Crippen LogP contribution >= 0.6 is 0 Å². The SMILES string of the molecule is COCC(CO)NCC1(CC(N)=NO)CC1. The molecule has 0 aromatic rings. The van der Waals surface area contributed by atoms with Crippen LogP contribution in [0.5, 0.6) is 0 Å². The van der Waals surface area contributed by atoms with Crippen molar-refractivity contribution in [1.29, 1.82) is 0 Å². The molecule has 0 amide bonds. The van der Waals surface area contributed by atoms with E-state index in [4.69, 9.17) is 20.8 Å². The number of amidine groups is 1. The van der Waals surface area contributed by atoms with E-state index in [2.05, 4.69) is 10.5 Å². The first-order valence-electron chi connectivity index (χ1n) is 5.45. The Kier molecular flexibility index (Phi) is 4.98. The van der Waals surface area contributed by atoms with Gasteiger partial charge >= 0.3 is 0 Å². The van der Waals surface area contributed by atoms with Crippen molar-refractivity contribution in [1.82, 2.24) is 5.32 Å². The number of nitrogens with zero attached hydrogens (tertiary/aromatic N) is 1. The maximum atomic E-state index is 9.07. The van der Waals surface area contributed by atoms with Crippen LogP contribution in [0.15, 0.2) is 5.16 Å². The van der Waals surface area contributed by atoms with E-state index < -0.39 is 0 Å². The number of hydrogen-bond acceptors (Lipinski definition) is 5. The number of aliphatic hydroxyl groups is 1. The fourth-order valence-corrected chi connectivity index (χ4v) is 1.75. The average molecular weight is 231 g/mol. The largest absolute Gasteiger partial charge is 0.409 e. The third-order valence-electron chi connectivity index (χ3n) is 3.00. The van der Waals surface area contributed by atoms with Gasteiger partial charge < -0.3 is 26.1 Å². The molecule has 0 saturated heterocycles. The summed E-state index contributed by atoms with van der Waals surface area (Å²) in [5.41, 5.74) is 5.60. The Morgan fingerprint density at radius 1 is 1.62 bits per heavy atom. The van der Waals surface area contributed by atoms with Gasteiger partial charge in [-0.05, 0) is 18.3 Å². The van der Waals surface area contributed by atoms with Crippen LogP contribution < -0.4 is 11.1 Å². The quantitative estimate of drug-likeness (QED) is 0.195. The van der Waals surface area contributed by atoms with E-state index in [1.807, 2.05) is 0 Å². The normalized spacial score (nSPS) is 20.8. The topological polar surface area (TPSA) is 100 Å². The minimum atomic E-state index is -0.0465. The van der Waals surface area contributed by atoms with E-state index in [1.54, 1.807) is 7.11 Å².